The van der Waals surface area contributed by atoms with Crippen LogP contribution in [0, 0.1) is 5.92 Å². The average molecular weight is 299 g/mol. The third kappa shape index (κ3) is 6.35. The van der Waals surface area contributed by atoms with E-state index in [1.165, 1.54) is 25.7 Å². The van der Waals surface area contributed by atoms with E-state index in [-0.39, 0.29) is 5.97 Å². The molecule has 0 amide bonds. The summed E-state index contributed by atoms with van der Waals surface area (Å²) in [5.41, 5.74) is -0.588. The maximum Gasteiger partial charge on any atom is 0.326 e. The van der Waals surface area contributed by atoms with Crippen molar-refractivity contribution in [3.8, 4) is 0 Å². The number of nitrogens with one attached hydrogen (secondary N) is 1. The van der Waals surface area contributed by atoms with Gasteiger partial charge in [-0.2, -0.15) is 0 Å². The number of ether oxygens (including phenoxy) is 2. The van der Waals surface area contributed by atoms with Gasteiger partial charge in [0.25, 0.3) is 0 Å². The van der Waals surface area contributed by atoms with Crippen molar-refractivity contribution in [2.24, 2.45) is 5.92 Å². The minimum Gasteiger partial charge on any atom is -0.465 e. The van der Waals surface area contributed by atoms with Gasteiger partial charge in [0.05, 0.1) is 12.7 Å². The second-order valence-corrected chi connectivity index (χ2v) is 6.44. The second-order valence-electron chi connectivity index (χ2n) is 6.44. The molecule has 1 rings (SSSR count). The van der Waals surface area contributed by atoms with E-state index in [2.05, 4.69) is 12.2 Å². The van der Waals surface area contributed by atoms with Crippen LogP contribution in [0.5, 0.6) is 0 Å². The summed E-state index contributed by atoms with van der Waals surface area (Å²) in [6.45, 7) is 10.0. The highest BCUT2D eigenvalue weighted by molar-refractivity contribution is 5.80. The minimum absolute atomic E-state index is 0.154. The normalized spacial score (nSPS) is 25.3. The lowest BCUT2D eigenvalue weighted by Crippen LogP contribution is -2.50. The molecule has 1 aliphatic rings. The maximum absolute atomic E-state index is 12.1. The summed E-state index contributed by atoms with van der Waals surface area (Å²) in [6, 6.07) is 0. The van der Waals surface area contributed by atoms with Gasteiger partial charge in [-0.15, -0.1) is 0 Å². The van der Waals surface area contributed by atoms with Crippen molar-refractivity contribution in [1.29, 1.82) is 0 Å². The Morgan fingerprint density at radius 3 is 2.48 bits per heavy atom. The number of esters is 1. The van der Waals surface area contributed by atoms with Crippen LogP contribution in [0.15, 0.2) is 0 Å². The van der Waals surface area contributed by atoms with E-state index in [1.54, 1.807) is 0 Å². The molecule has 0 radical (unpaired) electrons. The van der Waals surface area contributed by atoms with Crippen LogP contribution < -0.4 is 5.32 Å². The smallest absolute Gasteiger partial charge is 0.326 e. The molecule has 0 heterocycles. The van der Waals surface area contributed by atoms with Gasteiger partial charge in [0.15, 0.2) is 0 Å². The van der Waals surface area contributed by atoms with Crippen LogP contribution in [0.25, 0.3) is 0 Å². The third-order valence-electron chi connectivity index (χ3n) is 4.43. The molecule has 1 fully saturated rings. The molecular weight excluding hydrogens is 266 g/mol. The molecule has 1 unspecified atom stereocenters. The lowest BCUT2D eigenvalue weighted by atomic mass is 9.89. The van der Waals surface area contributed by atoms with Gasteiger partial charge >= 0.3 is 5.97 Å². The molecule has 0 spiro atoms. The van der Waals surface area contributed by atoms with Gasteiger partial charge in [-0.05, 0) is 64.8 Å². The Labute approximate surface area is 130 Å². The first kappa shape index (κ1) is 18.4. The fraction of sp³-hybridized carbons (Fsp3) is 0.941. The number of carbonyl (C=O) groups is 1. The van der Waals surface area contributed by atoms with Crippen LogP contribution in [-0.4, -0.2) is 37.4 Å². The monoisotopic (exact) mass is 299 g/mol. The highest BCUT2D eigenvalue weighted by Crippen LogP contribution is 2.26. The minimum atomic E-state index is -0.588. The number of hydrogen-bond acceptors (Lipinski definition) is 4. The Kier molecular flexibility index (Phi) is 8.27. The molecule has 4 nitrogen and oxygen atoms in total. The number of likely N-dealkylation sites (N-methyl/N-ethyl adjacent to an activating group) is 1. The van der Waals surface area contributed by atoms with E-state index in [4.69, 9.17) is 9.47 Å². The van der Waals surface area contributed by atoms with E-state index in [0.29, 0.717) is 12.7 Å². The first-order chi connectivity index (χ1) is 10.0. The van der Waals surface area contributed by atoms with E-state index in [0.717, 1.165) is 31.9 Å². The van der Waals surface area contributed by atoms with Crippen LogP contribution in [0.4, 0.5) is 0 Å². The first-order valence-electron chi connectivity index (χ1n) is 8.55. The largest absolute Gasteiger partial charge is 0.465 e. The molecule has 1 aliphatic carbocycles. The van der Waals surface area contributed by atoms with E-state index in [1.807, 2.05) is 20.8 Å². The second kappa shape index (κ2) is 9.42. The van der Waals surface area contributed by atoms with Crippen molar-refractivity contribution in [2.45, 2.75) is 77.9 Å². The third-order valence-corrected chi connectivity index (χ3v) is 4.43. The summed E-state index contributed by atoms with van der Waals surface area (Å²) in [7, 11) is 0. The Morgan fingerprint density at radius 1 is 1.24 bits per heavy atom. The van der Waals surface area contributed by atoms with Gasteiger partial charge in [0, 0.05) is 6.61 Å². The van der Waals surface area contributed by atoms with Gasteiger partial charge < -0.3 is 14.8 Å². The molecule has 0 aromatic heterocycles. The quantitative estimate of drug-likeness (QED) is 0.524. The van der Waals surface area contributed by atoms with Crippen molar-refractivity contribution in [3.05, 3.63) is 0 Å². The highest BCUT2D eigenvalue weighted by atomic mass is 16.5. The Bertz CT molecular complexity index is 300. The van der Waals surface area contributed by atoms with Crippen LogP contribution in [0.2, 0.25) is 0 Å². The van der Waals surface area contributed by atoms with Crippen molar-refractivity contribution in [1.82, 2.24) is 5.32 Å². The summed E-state index contributed by atoms with van der Waals surface area (Å²) in [5, 5.41) is 3.26. The lowest BCUT2D eigenvalue weighted by Gasteiger charge is -2.29. The first-order valence-corrected chi connectivity index (χ1v) is 8.55. The fourth-order valence-corrected chi connectivity index (χ4v) is 3.02. The number of carbonyl (C=O) groups excluding carboxylic acids is 1. The van der Waals surface area contributed by atoms with Gasteiger partial charge in [0.2, 0.25) is 0 Å². The summed E-state index contributed by atoms with van der Waals surface area (Å²) < 4.78 is 11.1. The van der Waals surface area contributed by atoms with Crippen LogP contribution in [-0.2, 0) is 14.3 Å². The molecule has 124 valence electrons. The standard InChI is InChI=1S/C17H33NO3/c1-5-18-17(4,16(19)20-6-2)12-7-13-21-15-10-8-14(3)9-11-15/h14-15,18H,5-13H2,1-4H3. The Hall–Kier alpha value is -0.610. The molecule has 0 aliphatic heterocycles. The molecular formula is C17H33NO3. The SMILES string of the molecule is CCNC(C)(CCCOC1CCC(C)CC1)C(=O)OCC. The summed E-state index contributed by atoms with van der Waals surface area (Å²) in [5.74, 6) is 0.698. The Morgan fingerprint density at radius 2 is 1.90 bits per heavy atom. The van der Waals surface area contributed by atoms with Gasteiger partial charge in [-0.1, -0.05) is 13.8 Å². The number of hydrogen-bond donors (Lipinski definition) is 1. The summed E-state index contributed by atoms with van der Waals surface area (Å²) >= 11 is 0. The maximum atomic E-state index is 12.1. The molecule has 4 heteroatoms. The fourth-order valence-electron chi connectivity index (χ4n) is 3.02. The zero-order chi connectivity index (χ0) is 15.7. The predicted molar refractivity (Wildman–Crippen MR) is 85.3 cm³/mol. The van der Waals surface area contributed by atoms with Gasteiger partial charge in [0.1, 0.15) is 5.54 Å². The number of rotatable bonds is 9. The van der Waals surface area contributed by atoms with Crippen molar-refractivity contribution in [3.63, 3.8) is 0 Å². The van der Waals surface area contributed by atoms with Crippen LogP contribution >= 0.6 is 0 Å². The lowest BCUT2D eigenvalue weighted by molar-refractivity contribution is -0.151. The van der Waals surface area contributed by atoms with Crippen molar-refractivity contribution < 1.29 is 14.3 Å². The molecule has 0 bridgehead atoms. The molecule has 0 saturated heterocycles. The van der Waals surface area contributed by atoms with Gasteiger partial charge in [-0.25, -0.2) is 0 Å². The van der Waals surface area contributed by atoms with Crippen molar-refractivity contribution in [2.75, 3.05) is 19.8 Å². The molecule has 21 heavy (non-hydrogen) atoms. The van der Waals surface area contributed by atoms with Gasteiger partial charge in [-0.3, -0.25) is 4.79 Å². The van der Waals surface area contributed by atoms with E-state index < -0.39 is 5.54 Å². The van der Waals surface area contributed by atoms with E-state index in [9.17, 15) is 4.79 Å². The molecule has 0 aromatic rings. The molecule has 1 atom stereocenters. The van der Waals surface area contributed by atoms with Crippen molar-refractivity contribution >= 4 is 5.97 Å². The molecule has 1 saturated carbocycles. The van der Waals surface area contributed by atoms with Crippen LogP contribution in [0.1, 0.15) is 66.2 Å². The zero-order valence-corrected chi connectivity index (χ0v) is 14.2. The highest BCUT2D eigenvalue weighted by Gasteiger charge is 2.33. The average Bonchev–Trinajstić information content (AvgIpc) is 2.46. The van der Waals surface area contributed by atoms with E-state index >= 15 is 0 Å². The predicted octanol–water partition coefficient (Wildman–Crippen LogP) is 3.29. The Balaban J connectivity index is 2.28. The van der Waals surface area contributed by atoms with Crippen LogP contribution in [0.3, 0.4) is 0 Å². The zero-order valence-electron chi connectivity index (χ0n) is 14.2. The summed E-state index contributed by atoms with van der Waals surface area (Å²) in [4.78, 5) is 12.1. The molecule has 0 aromatic carbocycles. The summed E-state index contributed by atoms with van der Waals surface area (Å²) in [6.07, 6.45) is 6.99. The topological polar surface area (TPSA) is 47.6 Å². The molecule has 1 N–H and O–H groups in total.